The first-order valence-electron chi connectivity index (χ1n) is 10.4. The number of fused-ring (bicyclic) bond motifs is 2. The van der Waals surface area contributed by atoms with E-state index in [1.54, 1.807) is 0 Å². The van der Waals surface area contributed by atoms with Gasteiger partial charge >= 0.3 is 0 Å². The number of hydrogen-bond acceptors (Lipinski definition) is 3. The molecule has 0 spiro atoms. The molecule has 4 heteroatoms. The fourth-order valence-electron chi connectivity index (χ4n) is 3.87. The maximum absolute atomic E-state index is 10.5. The van der Waals surface area contributed by atoms with Crippen LogP contribution in [-0.2, 0) is 6.54 Å². The van der Waals surface area contributed by atoms with Crippen LogP contribution in [0.25, 0.3) is 32.8 Å². The number of benzene rings is 3. The summed E-state index contributed by atoms with van der Waals surface area (Å²) in [7, 11) is 0. The van der Waals surface area contributed by atoms with Gasteiger partial charge in [-0.3, -0.25) is 4.98 Å². The van der Waals surface area contributed by atoms with Gasteiger partial charge in [-0.25, -0.2) is 4.57 Å². The van der Waals surface area contributed by atoms with E-state index in [1.807, 2.05) is 65.6 Å². The predicted octanol–water partition coefficient (Wildman–Crippen LogP) is 4.78. The van der Waals surface area contributed by atoms with Crippen LogP contribution in [0.15, 0.2) is 104 Å². The largest absolute Gasteiger partial charge is 0.491 e. The Labute approximate surface area is 181 Å². The molecule has 1 atom stereocenters. The summed E-state index contributed by atoms with van der Waals surface area (Å²) in [6.07, 6.45) is 5.23. The van der Waals surface area contributed by atoms with Gasteiger partial charge in [0.1, 0.15) is 18.5 Å². The zero-order valence-corrected chi connectivity index (χ0v) is 17.1. The van der Waals surface area contributed by atoms with E-state index >= 15 is 0 Å². The van der Waals surface area contributed by atoms with E-state index in [9.17, 15) is 5.11 Å². The van der Waals surface area contributed by atoms with Crippen LogP contribution in [0, 0.1) is 0 Å². The molecule has 0 unspecified atom stereocenters. The Hall–Kier alpha value is -3.76. The van der Waals surface area contributed by atoms with Gasteiger partial charge in [-0.1, -0.05) is 54.6 Å². The molecule has 31 heavy (non-hydrogen) atoms. The van der Waals surface area contributed by atoms with E-state index in [0.29, 0.717) is 6.54 Å². The molecule has 0 radical (unpaired) electrons. The third-order valence-corrected chi connectivity index (χ3v) is 5.39. The molecule has 5 rings (SSSR count). The number of aliphatic hydroxyl groups excluding tert-OH is 1. The highest BCUT2D eigenvalue weighted by molar-refractivity contribution is 5.93. The quantitative estimate of drug-likeness (QED) is 0.412. The number of hydrogen-bond donors (Lipinski definition) is 1. The molecule has 2 aromatic heterocycles. The van der Waals surface area contributed by atoms with Gasteiger partial charge in [0.2, 0.25) is 0 Å². The van der Waals surface area contributed by atoms with E-state index in [-0.39, 0.29) is 6.61 Å². The van der Waals surface area contributed by atoms with Crippen molar-refractivity contribution in [3.8, 4) is 16.9 Å². The third kappa shape index (κ3) is 4.25. The molecule has 0 aliphatic rings. The highest BCUT2D eigenvalue weighted by Gasteiger charge is 2.13. The first-order chi connectivity index (χ1) is 15.3. The minimum atomic E-state index is -0.617. The topological polar surface area (TPSA) is 46.2 Å². The van der Waals surface area contributed by atoms with Crippen LogP contribution in [0.3, 0.4) is 0 Å². The molecule has 0 aliphatic heterocycles. The maximum Gasteiger partial charge on any atom is 0.177 e. The molecule has 0 fully saturated rings. The van der Waals surface area contributed by atoms with E-state index < -0.39 is 6.10 Å². The highest BCUT2D eigenvalue weighted by Crippen LogP contribution is 2.29. The van der Waals surface area contributed by atoms with Crippen LogP contribution in [0.2, 0.25) is 0 Å². The first kappa shape index (κ1) is 19.2. The summed E-state index contributed by atoms with van der Waals surface area (Å²) < 4.78 is 7.91. The van der Waals surface area contributed by atoms with E-state index in [4.69, 9.17) is 4.74 Å². The fraction of sp³-hybridized carbons (Fsp3) is 0.111. The molecule has 4 nitrogen and oxygen atoms in total. The number of nitrogens with zero attached hydrogens (tertiary/aromatic N) is 2. The lowest BCUT2D eigenvalue weighted by atomic mass is 10.0. The second-order valence-corrected chi connectivity index (χ2v) is 7.64. The number of aromatic nitrogens is 2. The van der Waals surface area contributed by atoms with Crippen molar-refractivity contribution in [2.45, 2.75) is 12.6 Å². The molecule has 0 saturated carbocycles. The average molecular weight is 407 g/mol. The maximum atomic E-state index is 10.5. The number of rotatable bonds is 6. The normalized spacial score (nSPS) is 12.2. The van der Waals surface area contributed by atoms with E-state index in [2.05, 4.69) is 47.4 Å². The molecule has 0 aliphatic carbocycles. The lowest BCUT2D eigenvalue weighted by Gasteiger charge is -2.12. The minimum Gasteiger partial charge on any atom is -0.491 e. The van der Waals surface area contributed by atoms with Gasteiger partial charge < -0.3 is 9.84 Å². The van der Waals surface area contributed by atoms with Crippen molar-refractivity contribution in [1.29, 1.82) is 0 Å². The molecule has 2 heterocycles. The van der Waals surface area contributed by atoms with Crippen LogP contribution >= 0.6 is 0 Å². The van der Waals surface area contributed by atoms with Crippen molar-refractivity contribution in [3.63, 3.8) is 0 Å². The standard InChI is InChI=1S/C27H23N2O2/c30-24(18-29-15-13-20-6-1-2-7-23(20)17-29)19-31-25-11-3-9-22(16-25)26-12-4-8-21-10-5-14-28-27(21)26/h1-17,24,30H,18-19H2/q+1/t24-/m1/s1. The summed E-state index contributed by atoms with van der Waals surface area (Å²) in [5.74, 6) is 0.730. The Morgan fingerprint density at radius 1 is 0.839 bits per heavy atom. The van der Waals surface area contributed by atoms with Crippen LogP contribution < -0.4 is 9.30 Å². The summed E-state index contributed by atoms with van der Waals surface area (Å²) in [6, 6.07) is 28.4. The van der Waals surface area contributed by atoms with Gasteiger partial charge in [0.25, 0.3) is 0 Å². The number of pyridine rings is 2. The molecule has 152 valence electrons. The van der Waals surface area contributed by atoms with Gasteiger partial charge in [-0.2, -0.15) is 0 Å². The Kier molecular flexibility index (Phi) is 5.29. The van der Waals surface area contributed by atoms with Crippen molar-refractivity contribution < 1.29 is 14.4 Å². The lowest BCUT2D eigenvalue weighted by molar-refractivity contribution is -0.702. The van der Waals surface area contributed by atoms with Crippen LogP contribution in [0.5, 0.6) is 5.75 Å². The molecule has 0 amide bonds. The van der Waals surface area contributed by atoms with Gasteiger partial charge in [0.15, 0.2) is 18.9 Å². The van der Waals surface area contributed by atoms with E-state index in [1.165, 1.54) is 5.39 Å². The molecule has 0 saturated heterocycles. The van der Waals surface area contributed by atoms with Gasteiger partial charge in [0, 0.05) is 28.6 Å². The second-order valence-electron chi connectivity index (χ2n) is 7.64. The monoisotopic (exact) mass is 407 g/mol. The second kappa shape index (κ2) is 8.54. The summed E-state index contributed by atoms with van der Waals surface area (Å²) in [5.41, 5.74) is 3.07. The molecule has 3 aromatic carbocycles. The summed E-state index contributed by atoms with van der Waals surface area (Å²) >= 11 is 0. The number of aliphatic hydroxyl groups is 1. The Morgan fingerprint density at radius 2 is 1.65 bits per heavy atom. The van der Waals surface area contributed by atoms with E-state index in [0.717, 1.165) is 33.2 Å². The summed E-state index contributed by atoms with van der Waals surface area (Å²) in [5, 5.41) is 13.9. The zero-order valence-electron chi connectivity index (χ0n) is 17.1. The van der Waals surface area contributed by atoms with Crippen molar-refractivity contribution >= 4 is 21.7 Å². The zero-order chi connectivity index (χ0) is 21.0. The fourth-order valence-corrected chi connectivity index (χ4v) is 3.87. The van der Waals surface area contributed by atoms with Crippen LogP contribution in [0.4, 0.5) is 0 Å². The molecular formula is C27H23N2O2+. The summed E-state index contributed by atoms with van der Waals surface area (Å²) in [4.78, 5) is 4.55. The van der Waals surface area contributed by atoms with Crippen LogP contribution in [-0.4, -0.2) is 22.8 Å². The van der Waals surface area contributed by atoms with Gasteiger partial charge in [0.05, 0.1) is 5.52 Å². The average Bonchev–Trinajstić information content (AvgIpc) is 2.82. The highest BCUT2D eigenvalue weighted by atomic mass is 16.5. The predicted molar refractivity (Wildman–Crippen MR) is 123 cm³/mol. The molecule has 5 aromatic rings. The van der Waals surface area contributed by atoms with Crippen molar-refractivity contribution in [2.24, 2.45) is 0 Å². The Balaban J connectivity index is 1.29. The SMILES string of the molecule is O[C@@H](COc1cccc(-c2cccc3cccnc23)c1)C[n+]1ccc2ccccc2c1. The lowest BCUT2D eigenvalue weighted by Crippen LogP contribution is -2.41. The van der Waals surface area contributed by atoms with Crippen molar-refractivity contribution in [2.75, 3.05) is 6.61 Å². The third-order valence-electron chi connectivity index (χ3n) is 5.39. The minimum absolute atomic E-state index is 0.219. The van der Waals surface area contributed by atoms with Crippen molar-refractivity contribution in [1.82, 2.24) is 4.98 Å². The first-order valence-corrected chi connectivity index (χ1v) is 10.4. The summed E-state index contributed by atoms with van der Waals surface area (Å²) in [6.45, 7) is 0.689. The number of ether oxygens (including phenoxy) is 1. The Morgan fingerprint density at radius 3 is 2.58 bits per heavy atom. The molecular weight excluding hydrogens is 384 g/mol. The Bertz CT molecular complexity index is 1340. The van der Waals surface area contributed by atoms with Gasteiger partial charge in [-0.15, -0.1) is 0 Å². The molecule has 0 bridgehead atoms. The number of para-hydroxylation sites is 1. The van der Waals surface area contributed by atoms with Crippen molar-refractivity contribution in [3.05, 3.63) is 104 Å². The molecule has 1 N–H and O–H groups in total. The smallest absolute Gasteiger partial charge is 0.177 e. The van der Waals surface area contributed by atoms with Gasteiger partial charge in [-0.05, 0) is 35.2 Å². The van der Waals surface area contributed by atoms with Crippen LogP contribution in [0.1, 0.15) is 0 Å².